The number of aliphatic hydroxyl groups is 1. The zero-order valence-corrected chi connectivity index (χ0v) is 11.9. The topological polar surface area (TPSA) is 41.5 Å². The number of hydrogen-bond donors (Lipinski definition) is 2. The predicted octanol–water partition coefficient (Wildman–Crippen LogP) is 2.90. The molecule has 2 N–H and O–H groups in total. The fraction of sp³-hybridized carbons (Fsp3) is 0.600. The van der Waals surface area contributed by atoms with Crippen molar-refractivity contribution in [3.8, 4) is 5.75 Å². The van der Waals surface area contributed by atoms with Gasteiger partial charge in [0.05, 0.1) is 12.7 Å². The summed E-state index contributed by atoms with van der Waals surface area (Å²) in [4.78, 5) is 0. The summed E-state index contributed by atoms with van der Waals surface area (Å²) in [5.74, 6) is 0.883. The van der Waals surface area contributed by atoms with Gasteiger partial charge in [0.2, 0.25) is 0 Å². The van der Waals surface area contributed by atoms with Gasteiger partial charge in [-0.15, -0.1) is 0 Å². The smallest absolute Gasteiger partial charge is 0.123 e. The van der Waals surface area contributed by atoms with E-state index in [0.29, 0.717) is 6.54 Å². The monoisotopic (exact) mass is 251 g/mol. The predicted molar refractivity (Wildman–Crippen MR) is 74.9 cm³/mol. The third kappa shape index (κ3) is 3.72. The van der Waals surface area contributed by atoms with Crippen molar-refractivity contribution in [3.05, 3.63) is 29.8 Å². The largest absolute Gasteiger partial charge is 0.496 e. The van der Waals surface area contributed by atoms with Crippen LogP contribution in [-0.2, 0) is 0 Å². The van der Waals surface area contributed by atoms with Crippen molar-refractivity contribution >= 4 is 0 Å². The number of benzene rings is 1. The standard InChI is InChI=1S/C15H25NO2/c1-5-15(17,6-2)11-16-12(3)13-9-7-8-10-14(13)18-4/h7-10,12,16-17H,5-6,11H2,1-4H3/t12-/m1/s1. The Morgan fingerprint density at radius 3 is 2.44 bits per heavy atom. The highest BCUT2D eigenvalue weighted by atomic mass is 16.5. The van der Waals surface area contributed by atoms with Crippen molar-refractivity contribution in [2.24, 2.45) is 0 Å². The Hall–Kier alpha value is -1.06. The summed E-state index contributed by atoms with van der Waals surface area (Å²) in [5, 5.41) is 13.6. The molecule has 0 aromatic heterocycles. The quantitative estimate of drug-likeness (QED) is 0.783. The molecule has 18 heavy (non-hydrogen) atoms. The Morgan fingerprint density at radius 2 is 1.89 bits per heavy atom. The molecule has 3 heteroatoms. The fourth-order valence-electron chi connectivity index (χ4n) is 1.98. The molecule has 102 valence electrons. The van der Waals surface area contributed by atoms with E-state index in [2.05, 4.69) is 12.2 Å². The normalized spacial score (nSPS) is 13.4. The molecule has 3 nitrogen and oxygen atoms in total. The zero-order chi connectivity index (χ0) is 13.6. The highest BCUT2D eigenvalue weighted by molar-refractivity contribution is 5.35. The first-order valence-corrected chi connectivity index (χ1v) is 6.65. The van der Waals surface area contributed by atoms with Crippen LogP contribution in [0.15, 0.2) is 24.3 Å². The van der Waals surface area contributed by atoms with Crippen LogP contribution in [0.25, 0.3) is 0 Å². The maximum absolute atomic E-state index is 10.3. The highest BCUT2D eigenvalue weighted by Crippen LogP contribution is 2.25. The van der Waals surface area contributed by atoms with Crippen molar-refractivity contribution < 1.29 is 9.84 Å². The van der Waals surface area contributed by atoms with Crippen LogP contribution in [0.5, 0.6) is 5.75 Å². The van der Waals surface area contributed by atoms with E-state index in [1.165, 1.54) is 0 Å². The Bertz CT molecular complexity index is 361. The van der Waals surface area contributed by atoms with Gasteiger partial charge in [-0.05, 0) is 25.8 Å². The molecule has 0 fully saturated rings. The van der Waals surface area contributed by atoms with Gasteiger partial charge in [0.25, 0.3) is 0 Å². The van der Waals surface area contributed by atoms with E-state index in [1.54, 1.807) is 7.11 Å². The van der Waals surface area contributed by atoms with Crippen molar-refractivity contribution in [1.29, 1.82) is 0 Å². The first kappa shape index (κ1) is 15.0. The summed E-state index contributed by atoms with van der Waals surface area (Å²) in [7, 11) is 1.68. The molecule has 0 aliphatic carbocycles. The summed E-state index contributed by atoms with van der Waals surface area (Å²) < 4.78 is 5.35. The van der Waals surface area contributed by atoms with Crippen LogP contribution in [0.3, 0.4) is 0 Å². The third-order valence-corrected chi connectivity index (χ3v) is 3.66. The Balaban J connectivity index is 2.68. The molecule has 1 aromatic rings. The van der Waals surface area contributed by atoms with Gasteiger partial charge in [0, 0.05) is 18.2 Å². The van der Waals surface area contributed by atoms with E-state index in [1.807, 2.05) is 38.1 Å². The minimum absolute atomic E-state index is 0.158. The molecule has 0 saturated carbocycles. The summed E-state index contributed by atoms with van der Waals surface area (Å²) in [5.41, 5.74) is 0.505. The van der Waals surface area contributed by atoms with Crippen LogP contribution >= 0.6 is 0 Å². The fourth-order valence-corrected chi connectivity index (χ4v) is 1.98. The average molecular weight is 251 g/mol. The van der Waals surface area contributed by atoms with Gasteiger partial charge in [0.15, 0.2) is 0 Å². The minimum atomic E-state index is -0.615. The number of para-hydroxylation sites is 1. The van der Waals surface area contributed by atoms with Crippen LogP contribution < -0.4 is 10.1 Å². The van der Waals surface area contributed by atoms with Gasteiger partial charge in [0.1, 0.15) is 5.75 Å². The summed E-state index contributed by atoms with van der Waals surface area (Å²) in [6, 6.07) is 8.13. The molecule has 0 unspecified atom stereocenters. The molecule has 0 heterocycles. The molecular weight excluding hydrogens is 226 g/mol. The Morgan fingerprint density at radius 1 is 1.28 bits per heavy atom. The van der Waals surface area contributed by atoms with Crippen molar-refractivity contribution in [2.45, 2.75) is 45.3 Å². The van der Waals surface area contributed by atoms with Gasteiger partial charge in [-0.1, -0.05) is 32.0 Å². The van der Waals surface area contributed by atoms with Crippen molar-refractivity contribution in [1.82, 2.24) is 5.32 Å². The summed E-state index contributed by atoms with van der Waals surface area (Å²) in [6.45, 7) is 6.71. The molecule has 0 aliphatic heterocycles. The molecule has 0 radical (unpaired) electrons. The molecule has 1 aromatic carbocycles. The molecule has 1 atom stereocenters. The number of methoxy groups -OCH3 is 1. The first-order valence-electron chi connectivity index (χ1n) is 6.65. The van der Waals surface area contributed by atoms with Crippen LogP contribution in [0.4, 0.5) is 0 Å². The maximum atomic E-state index is 10.3. The van der Waals surface area contributed by atoms with Crippen molar-refractivity contribution in [3.63, 3.8) is 0 Å². The van der Waals surface area contributed by atoms with Crippen LogP contribution in [0.2, 0.25) is 0 Å². The van der Waals surface area contributed by atoms with E-state index in [4.69, 9.17) is 4.74 Å². The minimum Gasteiger partial charge on any atom is -0.496 e. The molecule has 0 spiro atoms. The highest BCUT2D eigenvalue weighted by Gasteiger charge is 2.23. The molecule has 1 rings (SSSR count). The van der Waals surface area contributed by atoms with Gasteiger partial charge < -0.3 is 15.2 Å². The summed E-state index contributed by atoms with van der Waals surface area (Å²) >= 11 is 0. The van der Waals surface area contributed by atoms with E-state index in [0.717, 1.165) is 24.2 Å². The molecular formula is C15H25NO2. The van der Waals surface area contributed by atoms with E-state index in [-0.39, 0.29) is 6.04 Å². The number of nitrogens with one attached hydrogen (secondary N) is 1. The van der Waals surface area contributed by atoms with E-state index < -0.39 is 5.60 Å². The summed E-state index contributed by atoms with van der Waals surface area (Å²) in [6.07, 6.45) is 1.52. The molecule has 0 aliphatic rings. The molecule has 0 amide bonds. The van der Waals surface area contributed by atoms with Crippen molar-refractivity contribution in [2.75, 3.05) is 13.7 Å². The lowest BCUT2D eigenvalue weighted by molar-refractivity contribution is 0.0302. The second-order valence-electron chi connectivity index (χ2n) is 4.78. The number of rotatable bonds is 7. The van der Waals surface area contributed by atoms with Gasteiger partial charge in [-0.2, -0.15) is 0 Å². The van der Waals surface area contributed by atoms with Crippen LogP contribution in [0, 0.1) is 0 Å². The Labute approximate surface area is 110 Å². The zero-order valence-electron chi connectivity index (χ0n) is 11.9. The lowest BCUT2D eigenvalue weighted by Crippen LogP contribution is -2.40. The number of hydrogen-bond acceptors (Lipinski definition) is 3. The van der Waals surface area contributed by atoms with Crippen LogP contribution in [0.1, 0.15) is 45.2 Å². The first-order chi connectivity index (χ1) is 8.56. The maximum Gasteiger partial charge on any atom is 0.123 e. The Kier molecular flexibility index (Phi) is 5.63. The molecule has 0 saturated heterocycles. The second-order valence-corrected chi connectivity index (χ2v) is 4.78. The third-order valence-electron chi connectivity index (χ3n) is 3.66. The van der Waals surface area contributed by atoms with Gasteiger partial charge in [-0.25, -0.2) is 0 Å². The van der Waals surface area contributed by atoms with E-state index >= 15 is 0 Å². The van der Waals surface area contributed by atoms with Gasteiger partial charge >= 0.3 is 0 Å². The van der Waals surface area contributed by atoms with Gasteiger partial charge in [-0.3, -0.25) is 0 Å². The number of ether oxygens (including phenoxy) is 1. The molecule has 0 bridgehead atoms. The lowest BCUT2D eigenvalue weighted by Gasteiger charge is -2.28. The SMILES string of the molecule is CCC(O)(CC)CN[C@H](C)c1ccccc1OC. The van der Waals surface area contributed by atoms with Crippen LogP contribution in [-0.4, -0.2) is 24.4 Å². The van der Waals surface area contributed by atoms with E-state index in [9.17, 15) is 5.11 Å². The second kappa shape index (κ2) is 6.76. The average Bonchev–Trinajstić information content (AvgIpc) is 2.44. The lowest BCUT2D eigenvalue weighted by atomic mass is 9.96.